The molecule has 0 saturated heterocycles. The molecule has 0 bridgehead atoms. The molecule has 0 heterocycles. The fourth-order valence-corrected chi connectivity index (χ4v) is 2.89. The Bertz CT molecular complexity index is 326. The van der Waals surface area contributed by atoms with Crippen LogP contribution in [0.1, 0.15) is 40.8 Å². The SMILES string of the molecule is Cc1ccc(C)c(C(Br)CC2CC2)c1. The molecule has 0 nitrogen and oxygen atoms in total. The number of hydrogen-bond donors (Lipinski definition) is 0. The van der Waals surface area contributed by atoms with Gasteiger partial charge in [0.2, 0.25) is 0 Å². The molecule has 0 radical (unpaired) electrons. The first-order valence-electron chi connectivity index (χ1n) is 5.38. The van der Waals surface area contributed by atoms with E-state index in [2.05, 4.69) is 48.0 Å². The van der Waals surface area contributed by atoms with Crippen LogP contribution in [-0.4, -0.2) is 0 Å². The first-order chi connectivity index (χ1) is 6.66. The van der Waals surface area contributed by atoms with Crippen LogP contribution in [0.15, 0.2) is 18.2 Å². The average molecular weight is 253 g/mol. The maximum Gasteiger partial charge on any atom is 0.0400 e. The van der Waals surface area contributed by atoms with E-state index in [-0.39, 0.29) is 0 Å². The third kappa shape index (κ3) is 2.38. The fourth-order valence-electron chi connectivity index (χ4n) is 1.87. The van der Waals surface area contributed by atoms with Gasteiger partial charge in [0.05, 0.1) is 0 Å². The van der Waals surface area contributed by atoms with Crippen molar-refractivity contribution in [3.63, 3.8) is 0 Å². The maximum absolute atomic E-state index is 3.81. The zero-order valence-corrected chi connectivity index (χ0v) is 10.5. The van der Waals surface area contributed by atoms with E-state index in [1.807, 2.05) is 0 Å². The van der Waals surface area contributed by atoms with Crippen LogP contribution in [0.3, 0.4) is 0 Å². The monoisotopic (exact) mass is 252 g/mol. The molecule has 76 valence electrons. The molecule has 0 N–H and O–H groups in total. The van der Waals surface area contributed by atoms with E-state index in [0.29, 0.717) is 4.83 Å². The number of aryl methyl sites for hydroxylation is 2. The Morgan fingerprint density at radius 1 is 1.36 bits per heavy atom. The van der Waals surface area contributed by atoms with Crippen molar-refractivity contribution >= 4 is 15.9 Å². The van der Waals surface area contributed by atoms with Crippen molar-refractivity contribution in [1.82, 2.24) is 0 Å². The molecule has 1 aromatic rings. The highest BCUT2D eigenvalue weighted by atomic mass is 79.9. The topological polar surface area (TPSA) is 0 Å². The summed E-state index contributed by atoms with van der Waals surface area (Å²) < 4.78 is 0. The first-order valence-corrected chi connectivity index (χ1v) is 6.29. The molecule has 0 aliphatic heterocycles. The molecule has 1 heteroatoms. The highest BCUT2D eigenvalue weighted by Crippen LogP contribution is 2.42. The molecule has 1 fully saturated rings. The molecule has 1 unspecified atom stereocenters. The Hall–Kier alpha value is -0.300. The minimum atomic E-state index is 0.565. The summed E-state index contributed by atoms with van der Waals surface area (Å²) in [4.78, 5) is 0.565. The zero-order chi connectivity index (χ0) is 10.1. The van der Waals surface area contributed by atoms with Gasteiger partial charge >= 0.3 is 0 Å². The van der Waals surface area contributed by atoms with Crippen LogP contribution in [0.2, 0.25) is 0 Å². The molecule has 1 saturated carbocycles. The van der Waals surface area contributed by atoms with Gasteiger partial charge in [0.25, 0.3) is 0 Å². The van der Waals surface area contributed by atoms with E-state index in [1.165, 1.54) is 36.0 Å². The molecule has 1 aromatic carbocycles. The highest BCUT2D eigenvalue weighted by molar-refractivity contribution is 9.09. The third-order valence-electron chi connectivity index (χ3n) is 3.01. The molecule has 0 amide bonds. The van der Waals surface area contributed by atoms with E-state index < -0.39 is 0 Å². The minimum absolute atomic E-state index is 0.565. The van der Waals surface area contributed by atoms with Crippen LogP contribution in [0.4, 0.5) is 0 Å². The second-order valence-electron chi connectivity index (χ2n) is 4.51. The molecule has 2 rings (SSSR count). The second-order valence-corrected chi connectivity index (χ2v) is 5.61. The Morgan fingerprint density at radius 2 is 2.07 bits per heavy atom. The van der Waals surface area contributed by atoms with Crippen LogP contribution < -0.4 is 0 Å². The van der Waals surface area contributed by atoms with Gasteiger partial charge in [-0.15, -0.1) is 0 Å². The molecule has 14 heavy (non-hydrogen) atoms. The van der Waals surface area contributed by atoms with Crippen molar-refractivity contribution in [1.29, 1.82) is 0 Å². The Labute approximate surface area is 94.8 Å². The summed E-state index contributed by atoms with van der Waals surface area (Å²) in [6.07, 6.45) is 4.18. The van der Waals surface area contributed by atoms with Crippen molar-refractivity contribution in [3.8, 4) is 0 Å². The third-order valence-corrected chi connectivity index (χ3v) is 3.88. The number of alkyl halides is 1. The van der Waals surface area contributed by atoms with Crippen molar-refractivity contribution in [2.45, 2.75) is 37.9 Å². The highest BCUT2D eigenvalue weighted by Gasteiger charge is 2.25. The van der Waals surface area contributed by atoms with Gasteiger partial charge < -0.3 is 0 Å². The standard InChI is InChI=1S/C13H17Br/c1-9-3-4-10(2)12(7-9)13(14)8-11-5-6-11/h3-4,7,11,13H,5-6,8H2,1-2H3. The summed E-state index contributed by atoms with van der Waals surface area (Å²) >= 11 is 3.81. The summed E-state index contributed by atoms with van der Waals surface area (Å²) in [7, 11) is 0. The van der Waals surface area contributed by atoms with E-state index in [4.69, 9.17) is 0 Å². The largest absolute Gasteiger partial charge is 0.0839 e. The van der Waals surface area contributed by atoms with Crippen molar-refractivity contribution in [3.05, 3.63) is 34.9 Å². The van der Waals surface area contributed by atoms with Gasteiger partial charge in [-0.25, -0.2) is 0 Å². The molecular formula is C13H17Br. The molecule has 0 spiro atoms. The van der Waals surface area contributed by atoms with Crippen LogP contribution in [-0.2, 0) is 0 Å². The number of rotatable bonds is 3. The van der Waals surface area contributed by atoms with Gasteiger partial charge in [0.15, 0.2) is 0 Å². The lowest BCUT2D eigenvalue weighted by Crippen LogP contribution is -1.95. The number of hydrogen-bond acceptors (Lipinski definition) is 0. The van der Waals surface area contributed by atoms with Crippen molar-refractivity contribution in [2.24, 2.45) is 5.92 Å². The predicted octanol–water partition coefficient (Wildman–Crippen LogP) is 4.54. The Balaban J connectivity index is 2.15. The van der Waals surface area contributed by atoms with E-state index in [1.54, 1.807) is 0 Å². The average Bonchev–Trinajstić information content (AvgIpc) is 2.93. The van der Waals surface area contributed by atoms with Gasteiger partial charge in [-0.2, -0.15) is 0 Å². The summed E-state index contributed by atoms with van der Waals surface area (Å²) in [6.45, 7) is 4.37. The second kappa shape index (κ2) is 4.06. The molecular weight excluding hydrogens is 236 g/mol. The number of benzene rings is 1. The molecule has 1 aliphatic carbocycles. The zero-order valence-electron chi connectivity index (χ0n) is 8.89. The normalized spacial score (nSPS) is 18.2. The van der Waals surface area contributed by atoms with Crippen LogP contribution >= 0.6 is 15.9 Å². The van der Waals surface area contributed by atoms with Crippen molar-refractivity contribution in [2.75, 3.05) is 0 Å². The van der Waals surface area contributed by atoms with Crippen LogP contribution in [0.25, 0.3) is 0 Å². The van der Waals surface area contributed by atoms with E-state index in [0.717, 1.165) is 5.92 Å². The van der Waals surface area contributed by atoms with Crippen molar-refractivity contribution < 1.29 is 0 Å². The predicted molar refractivity (Wildman–Crippen MR) is 64.9 cm³/mol. The van der Waals surface area contributed by atoms with Crippen LogP contribution in [0, 0.1) is 19.8 Å². The first kappa shape index (κ1) is 10.2. The van der Waals surface area contributed by atoms with Gasteiger partial charge in [-0.1, -0.05) is 52.5 Å². The van der Waals surface area contributed by atoms with E-state index >= 15 is 0 Å². The summed E-state index contributed by atoms with van der Waals surface area (Å²) in [5.41, 5.74) is 4.26. The maximum atomic E-state index is 3.81. The quantitative estimate of drug-likeness (QED) is 0.694. The van der Waals surface area contributed by atoms with E-state index in [9.17, 15) is 0 Å². The lowest BCUT2D eigenvalue weighted by atomic mass is 10.00. The molecule has 0 aromatic heterocycles. The Kier molecular flexibility index (Phi) is 2.96. The Morgan fingerprint density at radius 3 is 2.71 bits per heavy atom. The molecule has 1 aliphatic rings. The smallest absolute Gasteiger partial charge is 0.0400 e. The lowest BCUT2D eigenvalue weighted by molar-refractivity contribution is 0.718. The summed E-state index contributed by atoms with van der Waals surface area (Å²) in [5.74, 6) is 0.985. The van der Waals surface area contributed by atoms with Gasteiger partial charge in [0, 0.05) is 4.83 Å². The van der Waals surface area contributed by atoms with Crippen LogP contribution in [0.5, 0.6) is 0 Å². The molecule has 1 atom stereocenters. The minimum Gasteiger partial charge on any atom is -0.0839 e. The lowest BCUT2D eigenvalue weighted by Gasteiger charge is -2.13. The number of halogens is 1. The van der Waals surface area contributed by atoms with Gasteiger partial charge in [0.1, 0.15) is 0 Å². The summed E-state index contributed by atoms with van der Waals surface area (Å²) in [5, 5.41) is 0. The fraction of sp³-hybridized carbons (Fsp3) is 0.538. The summed E-state index contributed by atoms with van der Waals surface area (Å²) in [6, 6.07) is 6.73. The van der Waals surface area contributed by atoms with Gasteiger partial charge in [-0.3, -0.25) is 0 Å². The van der Waals surface area contributed by atoms with Gasteiger partial charge in [-0.05, 0) is 37.3 Å².